The van der Waals surface area contributed by atoms with Gasteiger partial charge in [-0.25, -0.2) is 9.18 Å². The molecule has 21 heavy (non-hydrogen) atoms. The summed E-state index contributed by atoms with van der Waals surface area (Å²) in [4.78, 5) is 11.0. The largest absolute Gasteiger partial charge is 0.573 e. The molecule has 110 valence electrons. The summed E-state index contributed by atoms with van der Waals surface area (Å²) >= 11 is 0. The number of benzene rings is 2. The van der Waals surface area contributed by atoms with E-state index >= 15 is 0 Å². The molecule has 1 N–H and O–H groups in total. The quantitative estimate of drug-likeness (QED) is 0.868. The molecule has 0 heterocycles. The fourth-order valence-electron chi connectivity index (χ4n) is 1.76. The molecule has 0 bridgehead atoms. The van der Waals surface area contributed by atoms with Crippen molar-refractivity contribution in [3.63, 3.8) is 0 Å². The topological polar surface area (TPSA) is 46.5 Å². The van der Waals surface area contributed by atoms with Crippen LogP contribution in [0.15, 0.2) is 42.5 Å². The summed E-state index contributed by atoms with van der Waals surface area (Å²) in [5.41, 5.74) is -0.0495. The molecule has 2 aromatic rings. The first-order valence-electron chi connectivity index (χ1n) is 5.65. The van der Waals surface area contributed by atoms with Crippen molar-refractivity contribution >= 4 is 5.97 Å². The minimum atomic E-state index is -5.00. The van der Waals surface area contributed by atoms with E-state index in [1.54, 1.807) is 0 Å². The van der Waals surface area contributed by atoms with Crippen LogP contribution in [0.25, 0.3) is 11.1 Å². The second kappa shape index (κ2) is 5.43. The molecule has 0 aliphatic rings. The molecule has 0 fully saturated rings. The number of hydrogen-bond acceptors (Lipinski definition) is 2. The van der Waals surface area contributed by atoms with Gasteiger partial charge in [-0.15, -0.1) is 13.2 Å². The van der Waals surface area contributed by atoms with Gasteiger partial charge in [0.05, 0.1) is 0 Å². The number of halogens is 4. The van der Waals surface area contributed by atoms with Crippen molar-refractivity contribution in [3.05, 3.63) is 53.8 Å². The SMILES string of the molecule is O=C(O)c1cc(-c2cccc(F)c2)ccc1OC(F)(F)F. The molecular weight excluding hydrogens is 292 g/mol. The number of aromatic carboxylic acids is 1. The van der Waals surface area contributed by atoms with Crippen LogP contribution in [0.3, 0.4) is 0 Å². The maximum absolute atomic E-state index is 13.1. The minimum Gasteiger partial charge on any atom is -0.478 e. The van der Waals surface area contributed by atoms with Crippen LogP contribution < -0.4 is 4.74 Å². The Balaban J connectivity index is 2.48. The molecule has 0 amide bonds. The maximum Gasteiger partial charge on any atom is 0.573 e. The Morgan fingerprint density at radius 2 is 1.71 bits per heavy atom. The van der Waals surface area contributed by atoms with Crippen molar-refractivity contribution in [1.82, 2.24) is 0 Å². The van der Waals surface area contributed by atoms with Crippen LogP contribution in [-0.4, -0.2) is 17.4 Å². The molecule has 0 radical (unpaired) electrons. The minimum absolute atomic E-state index is 0.265. The average molecular weight is 300 g/mol. The molecule has 3 nitrogen and oxygen atoms in total. The first kappa shape index (κ1) is 14.8. The Kier molecular flexibility index (Phi) is 3.84. The van der Waals surface area contributed by atoms with Crippen LogP contribution in [0.2, 0.25) is 0 Å². The molecule has 7 heteroatoms. The number of carboxylic acid groups (broad SMARTS) is 1. The van der Waals surface area contributed by atoms with Gasteiger partial charge >= 0.3 is 12.3 Å². The van der Waals surface area contributed by atoms with Crippen molar-refractivity contribution < 1.29 is 32.2 Å². The molecule has 0 unspecified atom stereocenters. The standard InChI is InChI=1S/C14H8F4O3/c15-10-3-1-2-8(6-10)9-4-5-12(21-14(16,17)18)11(7-9)13(19)20/h1-7H,(H,19,20). The van der Waals surface area contributed by atoms with Crippen LogP contribution >= 0.6 is 0 Å². The summed E-state index contributed by atoms with van der Waals surface area (Å²) in [6.45, 7) is 0. The van der Waals surface area contributed by atoms with Gasteiger partial charge in [0.2, 0.25) is 0 Å². The molecule has 0 aromatic heterocycles. The van der Waals surface area contributed by atoms with Gasteiger partial charge in [-0.05, 0) is 35.4 Å². The number of hydrogen-bond donors (Lipinski definition) is 1. The Hall–Kier alpha value is -2.57. The highest BCUT2D eigenvalue weighted by atomic mass is 19.4. The number of ether oxygens (including phenoxy) is 1. The summed E-state index contributed by atoms with van der Waals surface area (Å²) in [7, 11) is 0. The van der Waals surface area contributed by atoms with Gasteiger partial charge in [0.15, 0.2) is 0 Å². The van der Waals surface area contributed by atoms with Crippen LogP contribution in [0.4, 0.5) is 17.6 Å². The van der Waals surface area contributed by atoms with E-state index < -0.39 is 29.5 Å². The zero-order valence-corrected chi connectivity index (χ0v) is 10.3. The van der Waals surface area contributed by atoms with E-state index in [9.17, 15) is 22.4 Å². The highest BCUT2D eigenvalue weighted by Gasteiger charge is 2.33. The lowest BCUT2D eigenvalue weighted by atomic mass is 10.0. The summed E-state index contributed by atoms with van der Waals surface area (Å²) < 4.78 is 53.4. The van der Waals surface area contributed by atoms with Crippen LogP contribution in [0.5, 0.6) is 5.75 Å². The molecular formula is C14H8F4O3. The Morgan fingerprint density at radius 1 is 1.05 bits per heavy atom. The van der Waals surface area contributed by atoms with Gasteiger partial charge in [0.25, 0.3) is 0 Å². The van der Waals surface area contributed by atoms with Crippen LogP contribution in [-0.2, 0) is 0 Å². The van der Waals surface area contributed by atoms with E-state index in [1.165, 1.54) is 24.3 Å². The lowest BCUT2D eigenvalue weighted by Crippen LogP contribution is -2.19. The van der Waals surface area contributed by atoms with E-state index in [-0.39, 0.29) is 5.56 Å². The monoisotopic (exact) mass is 300 g/mol. The summed E-state index contributed by atoms with van der Waals surface area (Å²) in [5.74, 6) is -2.94. The summed E-state index contributed by atoms with van der Waals surface area (Å²) in [5, 5.41) is 8.97. The molecule has 0 saturated carbocycles. The van der Waals surface area contributed by atoms with Gasteiger partial charge in [-0.3, -0.25) is 0 Å². The van der Waals surface area contributed by atoms with E-state index in [0.29, 0.717) is 5.56 Å². The number of rotatable bonds is 3. The second-order valence-electron chi connectivity index (χ2n) is 4.07. The lowest BCUT2D eigenvalue weighted by Gasteiger charge is -2.12. The third-order valence-electron chi connectivity index (χ3n) is 2.59. The Labute approximate surface area is 116 Å². The highest BCUT2D eigenvalue weighted by molar-refractivity contribution is 5.92. The van der Waals surface area contributed by atoms with E-state index in [4.69, 9.17) is 5.11 Å². The zero-order chi connectivity index (χ0) is 15.6. The van der Waals surface area contributed by atoms with Gasteiger partial charge < -0.3 is 9.84 Å². The summed E-state index contributed by atoms with van der Waals surface area (Å²) in [6, 6.07) is 8.37. The van der Waals surface area contributed by atoms with Crippen molar-refractivity contribution in [2.24, 2.45) is 0 Å². The third kappa shape index (κ3) is 3.71. The van der Waals surface area contributed by atoms with Crippen LogP contribution in [0, 0.1) is 5.82 Å². The summed E-state index contributed by atoms with van der Waals surface area (Å²) in [6.07, 6.45) is -5.00. The molecule has 0 saturated heterocycles. The molecule has 2 rings (SSSR count). The fraction of sp³-hybridized carbons (Fsp3) is 0.0714. The molecule has 0 aliphatic carbocycles. The smallest absolute Gasteiger partial charge is 0.478 e. The van der Waals surface area contributed by atoms with Crippen molar-refractivity contribution in [2.75, 3.05) is 0 Å². The molecule has 0 aliphatic heterocycles. The van der Waals surface area contributed by atoms with Crippen molar-refractivity contribution in [2.45, 2.75) is 6.36 Å². The Morgan fingerprint density at radius 3 is 2.29 bits per heavy atom. The van der Waals surface area contributed by atoms with Crippen molar-refractivity contribution in [1.29, 1.82) is 0 Å². The van der Waals surface area contributed by atoms with Crippen molar-refractivity contribution in [3.8, 4) is 16.9 Å². The van der Waals surface area contributed by atoms with Gasteiger partial charge in [-0.2, -0.15) is 0 Å². The highest BCUT2D eigenvalue weighted by Crippen LogP contribution is 2.30. The lowest BCUT2D eigenvalue weighted by molar-refractivity contribution is -0.274. The first-order chi connectivity index (χ1) is 9.76. The van der Waals surface area contributed by atoms with Gasteiger partial charge in [0, 0.05) is 0 Å². The van der Waals surface area contributed by atoms with Gasteiger partial charge in [0.1, 0.15) is 17.1 Å². The molecule has 0 atom stereocenters. The third-order valence-corrected chi connectivity index (χ3v) is 2.59. The van der Waals surface area contributed by atoms with Gasteiger partial charge in [-0.1, -0.05) is 18.2 Å². The van der Waals surface area contributed by atoms with E-state index in [0.717, 1.165) is 18.2 Å². The van der Waals surface area contributed by atoms with E-state index in [1.807, 2.05) is 0 Å². The normalized spacial score (nSPS) is 11.2. The molecule has 0 spiro atoms. The van der Waals surface area contributed by atoms with E-state index in [2.05, 4.69) is 4.74 Å². The second-order valence-corrected chi connectivity index (χ2v) is 4.07. The average Bonchev–Trinajstić information content (AvgIpc) is 2.37. The number of carboxylic acids is 1. The zero-order valence-electron chi connectivity index (χ0n) is 10.3. The maximum atomic E-state index is 13.1. The number of alkyl halides is 3. The number of carbonyl (C=O) groups is 1. The fourth-order valence-corrected chi connectivity index (χ4v) is 1.76. The molecule has 2 aromatic carbocycles. The predicted molar refractivity (Wildman–Crippen MR) is 65.5 cm³/mol. The van der Waals surface area contributed by atoms with Crippen LogP contribution in [0.1, 0.15) is 10.4 Å². The first-order valence-corrected chi connectivity index (χ1v) is 5.65. The predicted octanol–water partition coefficient (Wildman–Crippen LogP) is 4.09. The Bertz CT molecular complexity index is 680.